The second-order valence-electron chi connectivity index (χ2n) is 16.0. The Hall–Kier alpha value is -6.83. The van der Waals surface area contributed by atoms with Crippen LogP contribution < -0.4 is 20.4 Å². The molecule has 0 bridgehead atoms. The Kier molecular flexibility index (Phi) is 23.2. The Morgan fingerprint density at radius 1 is 0.706 bits per heavy atom. The average Bonchev–Trinajstić information content (AvgIpc) is 3.99. The molecule has 5 aliphatic heterocycles. The van der Waals surface area contributed by atoms with Gasteiger partial charge in [0.15, 0.2) is 6.29 Å². The lowest BCUT2D eigenvalue weighted by molar-refractivity contribution is -0.193. The number of carbonyl (C=O) groups excluding carboxylic acids is 9. The van der Waals surface area contributed by atoms with Crippen LogP contribution in [0.15, 0.2) is 76.7 Å². The van der Waals surface area contributed by atoms with Gasteiger partial charge in [0, 0.05) is 43.4 Å². The summed E-state index contributed by atoms with van der Waals surface area (Å²) in [4.78, 5) is 101. The van der Waals surface area contributed by atoms with Crippen LogP contribution in [0.25, 0.3) is 6.08 Å². The molecule has 17 heteroatoms. The number of para-hydroxylation sites is 3. The second-order valence-corrected chi connectivity index (χ2v) is 16.0. The van der Waals surface area contributed by atoms with Gasteiger partial charge in [-0.2, -0.15) is 28.8 Å². The minimum Gasteiger partial charge on any atom is -0.353 e. The van der Waals surface area contributed by atoms with Gasteiger partial charge in [-0.25, -0.2) is 0 Å². The van der Waals surface area contributed by atoms with Gasteiger partial charge in [-0.1, -0.05) is 87.5 Å². The number of amides is 3. The number of hydrogen-bond acceptors (Lipinski definition) is 14. The minimum absolute atomic E-state index is 0.0220. The molecule has 0 fully saturated rings. The summed E-state index contributed by atoms with van der Waals surface area (Å²) < 4.78 is 11.1. The number of fused-ring (bicyclic) bond motifs is 1. The van der Waals surface area contributed by atoms with Gasteiger partial charge in [0.05, 0.1) is 17.4 Å². The molecule has 0 saturated heterocycles. The summed E-state index contributed by atoms with van der Waals surface area (Å²) in [7, 11) is 0. The summed E-state index contributed by atoms with van der Waals surface area (Å²) in [6.45, 7) is 18.4. The van der Waals surface area contributed by atoms with Crippen molar-refractivity contribution in [3.05, 3.63) is 94.6 Å². The van der Waals surface area contributed by atoms with Gasteiger partial charge < -0.3 is 29.9 Å². The molecule has 3 amide bonds. The highest BCUT2D eigenvalue weighted by molar-refractivity contribution is 6.05. The lowest BCUT2D eigenvalue weighted by Gasteiger charge is -2.29. The number of nitrogens with zero attached hydrogens (tertiary/aromatic N) is 5. The molecule has 5 heterocycles. The molecule has 8 rings (SSSR count). The lowest BCUT2D eigenvalue weighted by Crippen LogP contribution is -2.46. The molecule has 0 aromatic heterocycles. The summed E-state index contributed by atoms with van der Waals surface area (Å²) in [5, 5.41) is 0. The number of anilines is 3. The first-order chi connectivity index (χ1) is 32.9. The Labute approximate surface area is 397 Å². The van der Waals surface area contributed by atoms with Crippen molar-refractivity contribution in [2.75, 3.05) is 27.9 Å². The van der Waals surface area contributed by atoms with Crippen molar-refractivity contribution in [1.29, 1.82) is 0 Å². The number of rotatable bonds is 12. The van der Waals surface area contributed by atoms with E-state index in [9.17, 15) is 14.4 Å². The van der Waals surface area contributed by atoms with Crippen LogP contribution in [0.3, 0.4) is 0 Å². The van der Waals surface area contributed by atoms with Crippen LogP contribution in [0, 0.1) is 0 Å². The molecule has 5 aliphatic rings. The highest BCUT2D eigenvalue weighted by atomic mass is 16.7. The van der Waals surface area contributed by atoms with E-state index in [1.807, 2.05) is 58.9 Å². The molecule has 0 aliphatic carbocycles. The van der Waals surface area contributed by atoms with E-state index < -0.39 is 18.4 Å². The minimum atomic E-state index is -0.562. The van der Waals surface area contributed by atoms with Crippen molar-refractivity contribution in [2.24, 2.45) is 15.7 Å². The zero-order chi connectivity index (χ0) is 50.3. The van der Waals surface area contributed by atoms with Crippen molar-refractivity contribution >= 4 is 72.7 Å². The van der Waals surface area contributed by atoms with E-state index >= 15 is 0 Å². The number of ether oxygens (including phenoxy) is 2. The maximum atomic E-state index is 13.1. The SMILES string of the molecule is C=NC(CC(OCC)OCC)C(=O)N1c2ccccc2CC1CC.C=NC1C=Cc2cccc3c2N(C1=O)C(CC)C3.CCC1Cc2cccc3c2N1C(=O)C(N)CC3.O=C=O.O=C=O.O=C=O. The van der Waals surface area contributed by atoms with Crippen LogP contribution >= 0.6 is 0 Å². The predicted molar refractivity (Wildman–Crippen MR) is 254 cm³/mol. The number of benzene rings is 3. The summed E-state index contributed by atoms with van der Waals surface area (Å²) >= 11 is 0. The largest absolute Gasteiger partial charge is 0.373 e. The summed E-state index contributed by atoms with van der Waals surface area (Å²) in [5.74, 6) is 0.142. The van der Waals surface area contributed by atoms with E-state index in [0.29, 0.717) is 25.7 Å². The Morgan fingerprint density at radius 2 is 1.21 bits per heavy atom. The zero-order valence-corrected chi connectivity index (χ0v) is 39.5. The fraction of sp³-hybridized carbons (Fsp3) is 0.451. The summed E-state index contributed by atoms with van der Waals surface area (Å²) in [6.07, 6.45) is 11.9. The van der Waals surface area contributed by atoms with Gasteiger partial charge in [-0.15, -0.1) is 0 Å². The van der Waals surface area contributed by atoms with E-state index in [-0.39, 0.29) is 54.3 Å². The normalized spacial score (nSPS) is 20.0. The number of carbonyl (C=O) groups is 3. The van der Waals surface area contributed by atoms with Crippen LogP contribution in [0.5, 0.6) is 0 Å². The Bertz CT molecular complexity index is 2300. The monoisotopic (exact) mass is 934 g/mol. The van der Waals surface area contributed by atoms with Gasteiger partial charge in [-0.3, -0.25) is 24.4 Å². The predicted octanol–water partition coefficient (Wildman–Crippen LogP) is 5.54. The maximum Gasteiger partial charge on any atom is 0.373 e. The first-order valence-electron chi connectivity index (χ1n) is 22.7. The van der Waals surface area contributed by atoms with Crippen molar-refractivity contribution in [2.45, 2.75) is 135 Å². The lowest BCUT2D eigenvalue weighted by atomic mass is 10.0. The van der Waals surface area contributed by atoms with E-state index in [4.69, 9.17) is 44.0 Å². The van der Waals surface area contributed by atoms with Gasteiger partial charge >= 0.3 is 18.5 Å². The van der Waals surface area contributed by atoms with Crippen LogP contribution in [0.2, 0.25) is 0 Å². The molecule has 2 N–H and O–H groups in total. The third kappa shape index (κ3) is 13.4. The third-order valence-corrected chi connectivity index (χ3v) is 12.3. The molecule has 6 unspecified atom stereocenters. The van der Waals surface area contributed by atoms with E-state index in [0.717, 1.165) is 74.0 Å². The quantitative estimate of drug-likeness (QED) is 0.174. The highest BCUT2D eigenvalue weighted by Crippen LogP contribution is 2.41. The number of nitrogens with two attached hydrogens (primary N) is 1. The molecule has 17 nitrogen and oxygen atoms in total. The van der Waals surface area contributed by atoms with E-state index in [1.165, 1.54) is 22.3 Å². The molecule has 0 saturated carbocycles. The van der Waals surface area contributed by atoms with Crippen LogP contribution in [0.4, 0.5) is 17.1 Å². The van der Waals surface area contributed by atoms with Crippen LogP contribution in [-0.4, -0.2) is 105 Å². The molecule has 0 spiro atoms. The van der Waals surface area contributed by atoms with Crippen molar-refractivity contribution in [1.82, 2.24) is 0 Å². The summed E-state index contributed by atoms with van der Waals surface area (Å²) in [5.41, 5.74) is 15.4. The Balaban J connectivity index is 0.000000251. The second kappa shape index (κ2) is 28.4. The van der Waals surface area contributed by atoms with Crippen molar-refractivity contribution in [3.63, 3.8) is 0 Å². The van der Waals surface area contributed by atoms with E-state index in [1.54, 1.807) is 0 Å². The molecular weight excluding hydrogens is 873 g/mol. The van der Waals surface area contributed by atoms with Crippen LogP contribution in [0.1, 0.15) is 94.5 Å². The average molecular weight is 935 g/mol. The van der Waals surface area contributed by atoms with Gasteiger partial charge in [0.2, 0.25) is 5.91 Å². The first kappa shape index (κ1) is 55.5. The molecular formula is C51H62N6O11. The standard InChI is InChI=1S/C19H28N2O3.C15H16N2O.C14H18N2O.3CO2/c1-5-15-12-14-10-8-9-11-17(14)21(15)19(22)16(20-4)13-18(23-6-2)24-7-3;1-3-12-9-11-6-4-5-10-7-8-13(16-2)15(18)17(12)14(10)11;1-2-11-8-10-5-3-4-9-6-7-12(15)14(17)16(11)13(9)10;3*2-1-3/h8-11,15-16,18H,4-7,12-13H2,1-3H3;4-8,12-13H,2-3,9H2,1H3;3-5,11-12H,2,6-8,15H2,1H3;;;. The fourth-order valence-corrected chi connectivity index (χ4v) is 9.22. The van der Waals surface area contributed by atoms with Crippen LogP contribution in [-0.2, 0) is 78.3 Å². The fourth-order valence-electron chi connectivity index (χ4n) is 9.22. The molecule has 362 valence electrons. The third-order valence-electron chi connectivity index (χ3n) is 12.3. The molecule has 3 aromatic carbocycles. The van der Waals surface area contributed by atoms with Gasteiger partial charge in [-0.05, 0) is 113 Å². The number of aliphatic imine (C=N–C) groups is 2. The highest BCUT2D eigenvalue weighted by Gasteiger charge is 2.40. The van der Waals surface area contributed by atoms with Crippen molar-refractivity contribution in [3.8, 4) is 0 Å². The topological polar surface area (TPSA) is 233 Å². The molecule has 3 aromatic rings. The Morgan fingerprint density at radius 3 is 1.75 bits per heavy atom. The van der Waals surface area contributed by atoms with Crippen molar-refractivity contribution < 1.29 is 52.6 Å². The zero-order valence-electron chi connectivity index (χ0n) is 39.5. The molecule has 68 heavy (non-hydrogen) atoms. The number of aryl methyl sites for hydroxylation is 1. The molecule has 0 radical (unpaired) electrons. The maximum absolute atomic E-state index is 13.1. The molecule has 6 atom stereocenters. The van der Waals surface area contributed by atoms with Gasteiger partial charge in [0.25, 0.3) is 11.8 Å². The first-order valence-corrected chi connectivity index (χ1v) is 22.7. The smallest absolute Gasteiger partial charge is 0.353 e. The number of hydrogen-bond donors (Lipinski definition) is 1. The van der Waals surface area contributed by atoms with E-state index in [2.05, 4.69) is 86.7 Å². The van der Waals surface area contributed by atoms with Gasteiger partial charge in [0.1, 0.15) is 12.1 Å². The summed E-state index contributed by atoms with van der Waals surface area (Å²) in [6, 6.07) is 20.1.